The Bertz CT molecular complexity index is 1180. The number of nitrogens with one attached hydrogen (secondary N) is 1. The van der Waals surface area contributed by atoms with E-state index in [1.807, 2.05) is 10.3 Å². The third-order valence-corrected chi connectivity index (χ3v) is 8.68. The second-order valence-electron chi connectivity index (χ2n) is 8.63. The van der Waals surface area contributed by atoms with Crippen LogP contribution >= 0.6 is 39.0 Å². The zero-order valence-corrected chi connectivity index (χ0v) is 23.4. The Morgan fingerprint density at radius 3 is 2.95 bits per heavy atom. The highest BCUT2D eigenvalue weighted by atomic mass is 79.9. The predicted molar refractivity (Wildman–Crippen MR) is 145 cm³/mol. The van der Waals surface area contributed by atoms with Gasteiger partial charge in [-0.2, -0.15) is 11.8 Å². The lowest BCUT2D eigenvalue weighted by atomic mass is 9.94. The summed E-state index contributed by atoms with van der Waals surface area (Å²) in [4.78, 5) is 35.0. The van der Waals surface area contributed by atoms with E-state index in [-0.39, 0.29) is 25.6 Å². The van der Waals surface area contributed by atoms with E-state index in [9.17, 15) is 14.0 Å². The number of aromatic nitrogens is 1. The number of rotatable bonds is 10. The molecule has 0 spiro atoms. The topological polar surface area (TPSA) is 83.9 Å². The number of hydrogen-bond acceptors (Lipinski definition) is 9. The van der Waals surface area contributed by atoms with Crippen LogP contribution in [0.15, 0.2) is 50.5 Å². The number of halogens is 3. The molecule has 2 aliphatic heterocycles. The van der Waals surface area contributed by atoms with Crippen LogP contribution in [0.25, 0.3) is 0 Å². The van der Waals surface area contributed by atoms with Crippen LogP contribution in [-0.4, -0.2) is 71.9 Å². The highest BCUT2D eigenvalue weighted by Crippen LogP contribution is 2.37. The van der Waals surface area contributed by atoms with Gasteiger partial charge in [-0.25, -0.2) is 18.6 Å². The van der Waals surface area contributed by atoms with Gasteiger partial charge < -0.3 is 14.8 Å². The molecule has 3 atom stereocenters. The van der Waals surface area contributed by atoms with Crippen LogP contribution in [0.2, 0.25) is 0 Å². The fraction of sp³-hybridized carbons (Fsp3) is 0.440. The first-order valence-corrected chi connectivity index (χ1v) is 14.7. The predicted octanol–water partition coefficient (Wildman–Crippen LogP) is 4.55. The molecule has 0 saturated carbocycles. The van der Waals surface area contributed by atoms with Gasteiger partial charge in [0, 0.05) is 46.5 Å². The summed E-state index contributed by atoms with van der Waals surface area (Å²) in [6.45, 7) is 3.03. The summed E-state index contributed by atoms with van der Waals surface area (Å²) in [5.41, 5.74) is 1.46. The molecule has 0 amide bonds. The molecule has 2 aliphatic rings. The van der Waals surface area contributed by atoms with E-state index in [1.54, 1.807) is 19.2 Å². The number of carbonyl (C=O) groups excluding carboxylic acids is 2. The number of likely N-dealkylation sites (tertiary alicyclic amines) is 1. The van der Waals surface area contributed by atoms with Crippen molar-refractivity contribution in [3.63, 3.8) is 0 Å². The van der Waals surface area contributed by atoms with Gasteiger partial charge in [0.15, 0.2) is 10.8 Å². The molecule has 1 aromatic carbocycles. The number of amidine groups is 1. The van der Waals surface area contributed by atoms with E-state index in [1.165, 1.54) is 35.2 Å². The first kappa shape index (κ1) is 27.9. The number of thiazole rings is 1. The number of thioether (sulfide) groups is 1. The normalized spacial score (nSPS) is 22.4. The molecule has 0 bridgehead atoms. The lowest BCUT2D eigenvalue weighted by Gasteiger charge is -2.36. The van der Waals surface area contributed by atoms with E-state index in [4.69, 9.17) is 9.73 Å². The molecule has 1 N–H and O–H groups in total. The molecule has 1 fully saturated rings. The smallest absolute Gasteiger partial charge is 0.338 e. The number of ether oxygens (including phenoxy) is 1. The van der Waals surface area contributed by atoms with Gasteiger partial charge in [-0.05, 0) is 43.3 Å². The van der Waals surface area contributed by atoms with Gasteiger partial charge >= 0.3 is 5.97 Å². The summed E-state index contributed by atoms with van der Waals surface area (Å²) in [6.07, 6.45) is 2.11. The lowest BCUT2D eigenvalue weighted by molar-refractivity contribution is -0.139. The number of benzene rings is 1. The molecule has 4 rings (SSSR count). The van der Waals surface area contributed by atoms with Crippen LogP contribution in [-0.2, 0) is 14.3 Å². The van der Waals surface area contributed by atoms with Crippen molar-refractivity contribution in [3.8, 4) is 0 Å². The molecule has 1 aromatic heterocycles. The first-order chi connectivity index (χ1) is 17.9. The van der Waals surface area contributed by atoms with Crippen LogP contribution in [0, 0.1) is 11.7 Å². The van der Waals surface area contributed by atoms with Crippen molar-refractivity contribution >= 4 is 57.1 Å². The Morgan fingerprint density at radius 2 is 2.27 bits per heavy atom. The Balaban J connectivity index is 1.67. The molecule has 7 nitrogen and oxygen atoms in total. The zero-order chi connectivity index (χ0) is 26.4. The fourth-order valence-corrected chi connectivity index (χ4v) is 6.47. The number of aliphatic imine (C=N–C) groups is 1. The molecule has 198 valence electrons. The summed E-state index contributed by atoms with van der Waals surface area (Å²) >= 11 is 6.27. The first-order valence-electron chi connectivity index (χ1n) is 11.9. The number of hydrogen-bond donors (Lipinski definition) is 1. The fourth-order valence-electron chi connectivity index (χ4n) is 4.41. The van der Waals surface area contributed by atoms with Crippen molar-refractivity contribution in [2.45, 2.75) is 25.6 Å². The molecule has 3 heterocycles. The third kappa shape index (κ3) is 6.84. The summed E-state index contributed by atoms with van der Waals surface area (Å²) < 4.78 is 34.8. The highest BCUT2D eigenvalue weighted by Gasteiger charge is 2.36. The average molecular weight is 614 g/mol. The number of nitrogens with zero attached hydrogens (tertiary/aromatic N) is 3. The van der Waals surface area contributed by atoms with Gasteiger partial charge in [-0.1, -0.05) is 22.0 Å². The number of aldehydes is 1. The molecule has 2 aromatic rings. The molecule has 0 aliphatic carbocycles. The minimum absolute atomic E-state index is 0.116. The monoisotopic (exact) mass is 612 g/mol. The van der Waals surface area contributed by atoms with E-state index in [2.05, 4.69) is 26.2 Å². The molecular weight excluding hydrogens is 586 g/mol. The second kappa shape index (κ2) is 13.1. The molecule has 1 saturated heterocycles. The number of alkyl halides is 1. The van der Waals surface area contributed by atoms with Crippen LogP contribution < -0.4 is 5.32 Å². The summed E-state index contributed by atoms with van der Waals surface area (Å²) in [7, 11) is 0. The van der Waals surface area contributed by atoms with Gasteiger partial charge in [-0.15, -0.1) is 11.3 Å². The van der Waals surface area contributed by atoms with Crippen LogP contribution in [0.3, 0.4) is 0 Å². The molecular formula is C25H27BrF2N4O3S2. The van der Waals surface area contributed by atoms with Crippen molar-refractivity contribution in [2.24, 2.45) is 10.9 Å². The zero-order valence-electron chi connectivity index (χ0n) is 20.2. The SMILES string of the molecule is CCOC(=O)C1=C(CN2CCC(CSCC=O)C(F)C2)NC(c2nccs2)=N[C@H]1c1ccc(F)cc1Br. The number of carbonyl (C=O) groups is 2. The van der Waals surface area contributed by atoms with Crippen molar-refractivity contribution in [1.29, 1.82) is 0 Å². The largest absolute Gasteiger partial charge is 0.463 e. The minimum atomic E-state index is -1.04. The van der Waals surface area contributed by atoms with Crippen LogP contribution in [0.4, 0.5) is 8.78 Å². The molecule has 12 heteroatoms. The Morgan fingerprint density at radius 1 is 1.43 bits per heavy atom. The summed E-state index contributed by atoms with van der Waals surface area (Å²) in [6, 6.07) is 3.47. The maximum atomic E-state index is 15.0. The average Bonchev–Trinajstić information content (AvgIpc) is 3.40. The lowest BCUT2D eigenvalue weighted by Crippen LogP contribution is -2.46. The van der Waals surface area contributed by atoms with E-state index in [0.29, 0.717) is 56.6 Å². The van der Waals surface area contributed by atoms with Gasteiger partial charge in [0.2, 0.25) is 0 Å². The van der Waals surface area contributed by atoms with Gasteiger partial charge in [0.25, 0.3) is 0 Å². The van der Waals surface area contributed by atoms with Crippen LogP contribution in [0.1, 0.15) is 30.0 Å². The molecule has 2 unspecified atom stereocenters. The van der Waals surface area contributed by atoms with E-state index >= 15 is 4.39 Å². The van der Waals surface area contributed by atoms with Crippen molar-refractivity contribution in [2.75, 3.05) is 37.7 Å². The van der Waals surface area contributed by atoms with Gasteiger partial charge in [0.05, 0.1) is 12.2 Å². The standard InChI is InChI=1S/C25H27BrF2N4O3S2/c1-2-35-25(34)21-20(13-32-7-5-15(19(28)12-32)14-36-10-8-33)30-23(24-29-6-9-37-24)31-22(21)17-4-3-16(27)11-18(17)26/h3-4,6,8-9,11,15,19,22H,2,5,7,10,12-14H2,1H3,(H,30,31)/t15?,19?,22-/m0/s1. The highest BCUT2D eigenvalue weighted by molar-refractivity contribution is 9.10. The third-order valence-electron chi connectivity index (χ3n) is 6.17. The Hall–Kier alpha value is -2.15. The maximum Gasteiger partial charge on any atom is 0.338 e. The van der Waals surface area contributed by atoms with Gasteiger partial charge in [-0.3, -0.25) is 9.89 Å². The van der Waals surface area contributed by atoms with Crippen LogP contribution in [0.5, 0.6) is 0 Å². The van der Waals surface area contributed by atoms with Crippen molar-refractivity contribution < 1.29 is 23.1 Å². The maximum absolute atomic E-state index is 15.0. The van der Waals surface area contributed by atoms with Gasteiger partial charge in [0.1, 0.15) is 24.3 Å². The number of piperidine rings is 1. The quantitative estimate of drug-likeness (QED) is 0.239. The second-order valence-corrected chi connectivity index (χ2v) is 11.4. The molecule has 37 heavy (non-hydrogen) atoms. The number of esters is 1. The Labute approximate surface area is 230 Å². The van der Waals surface area contributed by atoms with E-state index < -0.39 is 24.0 Å². The Kier molecular flexibility index (Phi) is 9.85. The summed E-state index contributed by atoms with van der Waals surface area (Å²) in [5.74, 6) is 0.380. The van der Waals surface area contributed by atoms with Crippen molar-refractivity contribution in [3.05, 3.63) is 61.9 Å². The van der Waals surface area contributed by atoms with Crippen molar-refractivity contribution in [1.82, 2.24) is 15.2 Å². The minimum Gasteiger partial charge on any atom is -0.463 e. The van der Waals surface area contributed by atoms with E-state index in [0.717, 1.165) is 6.29 Å². The molecule has 0 radical (unpaired) electrons. The summed E-state index contributed by atoms with van der Waals surface area (Å²) in [5, 5.41) is 5.74.